The van der Waals surface area contributed by atoms with E-state index in [1.54, 1.807) is 0 Å². The molecule has 1 heterocycles. The summed E-state index contributed by atoms with van der Waals surface area (Å²) in [6, 6.07) is 1.97. The van der Waals surface area contributed by atoms with Gasteiger partial charge in [0.15, 0.2) is 0 Å². The molecule has 2 aliphatic rings. The van der Waals surface area contributed by atoms with Crippen molar-refractivity contribution in [2.75, 3.05) is 5.32 Å². The number of hydrogen-bond donors (Lipinski definition) is 2. The van der Waals surface area contributed by atoms with Crippen LogP contribution in [0.5, 0.6) is 0 Å². The quantitative estimate of drug-likeness (QED) is 0.901. The zero-order valence-corrected chi connectivity index (χ0v) is 11.1. The van der Waals surface area contributed by atoms with Gasteiger partial charge in [0, 0.05) is 12.2 Å². The smallest absolute Gasteiger partial charge is 0.417 e. The highest BCUT2D eigenvalue weighted by Crippen LogP contribution is 2.49. The van der Waals surface area contributed by atoms with Crippen LogP contribution in [-0.2, 0) is 11.0 Å². The summed E-state index contributed by atoms with van der Waals surface area (Å²) in [6.07, 6.45) is -0.894. The molecular formula is C14H15F3N2O2. The summed E-state index contributed by atoms with van der Waals surface area (Å²) in [5, 5.41) is 12.3. The van der Waals surface area contributed by atoms with Crippen LogP contribution < -0.4 is 5.32 Å². The number of nitrogens with zero attached hydrogens (tertiary/aromatic N) is 1. The van der Waals surface area contributed by atoms with Crippen molar-refractivity contribution >= 4 is 11.8 Å². The van der Waals surface area contributed by atoms with E-state index >= 15 is 0 Å². The van der Waals surface area contributed by atoms with E-state index in [9.17, 15) is 23.1 Å². The summed E-state index contributed by atoms with van der Waals surface area (Å²) < 4.78 is 37.4. The van der Waals surface area contributed by atoms with Gasteiger partial charge in [-0.3, -0.25) is 4.79 Å². The molecular weight excluding hydrogens is 285 g/mol. The SMILES string of the molecule is O=C(O)C1C2CCC(C2)C1Nc1ccc(C(F)(F)F)cn1. The molecule has 0 radical (unpaired) electrons. The standard InChI is InChI=1S/C14H15F3N2O2/c15-14(16,17)9-3-4-10(18-6-9)19-12-8-2-1-7(5-8)11(12)13(20)21/h3-4,6-8,11-12H,1-2,5H2,(H,18,19)(H,20,21). The van der Waals surface area contributed by atoms with Gasteiger partial charge in [-0.1, -0.05) is 0 Å². The average Bonchev–Trinajstić information content (AvgIpc) is 2.98. The van der Waals surface area contributed by atoms with Crippen molar-refractivity contribution in [2.45, 2.75) is 31.5 Å². The molecule has 1 aromatic heterocycles. The summed E-state index contributed by atoms with van der Waals surface area (Å²) in [7, 11) is 0. The van der Waals surface area contributed by atoms with Gasteiger partial charge in [0.25, 0.3) is 0 Å². The van der Waals surface area contributed by atoms with Crippen molar-refractivity contribution in [1.82, 2.24) is 4.98 Å². The molecule has 7 heteroatoms. The van der Waals surface area contributed by atoms with E-state index in [4.69, 9.17) is 0 Å². The fourth-order valence-corrected chi connectivity index (χ4v) is 3.67. The van der Waals surface area contributed by atoms with Gasteiger partial charge in [-0.15, -0.1) is 0 Å². The second-order valence-electron chi connectivity index (χ2n) is 5.80. The Balaban J connectivity index is 1.75. The Morgan fingerprint density at radius 3 is 2.57 bits per heavy atom. The number of alkyl halides is 3. The molecule has 0 spiro atoms. The Labute approximate surface area is 119 Å². The lowest BCUT2D eigenvalue weighted by Gasteiger charge is -2.29. The number of aliphatic carboxylic acids is 1. The highest BCUT2D eigenvalue weighted by atomic mass is 19.4. The van der Waals surface area contributed by atoms with Crippen LogP contribution in [0.25, 0.3) is 0 Å². The first-order valence-corrected chi connectivity index (χ1v) is 6.89. The van der Waals surface area contributed by atoms with E-state index in [0.29, 0.717) is 5.82 Å². The van der Waals surface area contributed by atoms with Gasteiger partial charge in [-0.25, -0.2) is 4.98 Å². The number of aromatic nitrogens is 1. The van der Waals surface area contributed by atoms with E-state index < -0.39 is 23.6 Å². The molecule has 0 aliphatic heterocycles. The number of carboxylic acids is 1. The van der Waals surface area contributed by atoms with E-state index in [-0.39, 0.29) is 17.9 Å². The Morgan fingerprint density at radius 1 is 1.29 bits per heavy atom. The zero-order chi connectivity index (χ0) is 15.2. The maximum absolute atomic E-state index is 12.5. The monoisotopic (exact) mass is 300 g/mol. The zero-order valence-electron chi connectivity index (χ0n) is 11.1. The van der Waals surface area contributed by atoms with E-state index in [0.717, 1.165) is 31.5 Å². The molecule has 21 heavy (non-hydrogen) atoms. The van der Waals surface area contributed by atoms with E-state index in [1.807, 2.05) is 0 Å². The van der Waals surface area contributed by atoms with Crippen LogP contribution in [-0.4, -0.2) is 22.1 Å². The maximum Gasteiger partial charge on any atom is 0.417 e. The van der Waals surface area contributed by atoms with Crippen molar-refractivity contribution < 1.29 is 23.1 Å². The highest BCUT2D eigenvalue weighted by molar-refractivity contribution is 5.73. The molecule has 2 saturated carbocycles. The number of pyridine rings is 1. The van der Waals surface area contributed by atoms with Crippen LogP contribution in [0.4, 0.5) is 19.0 Å². The fraction of sp³-hybridized carbons (Fsp3) is 0.571. The first kappa shape index (κ1) is 14.2. The lowest BCUT2D eigenvalue weighted by atomic mass is 9.84. The molecule has 0 saturated heterocycles. The van der Waals surface area contributed by atoms with Crippen molar-refractivity contribution in [3.63, 3.8) is 0 Å². The first-order valence-electron chi connectivity index (χ1n) is 6.89. The minimum atomic E-state index is -4.42. The lowest BCUT2D eigenvalue weighted by Crippen LogP contribution is -2.39. The van der Waals surface area contributed by atoms with Crippen LogP contribution in [0.15, 0.2) is 18.3 Å². The average molecular weight is 300 g/mol. The van der Waals surface area contributed by atoms with Crippen molar-refractivity contribution in [3.8, 4) is 0 Å². The molecule has 114 valence electrons. The van der Waals surface area contributed by atoms with Crippen LogP contribution in [0.2, 0.25) is 0 Å². The van der Waals surface area contributed by atoms with Crippen molar-refractivity contribution in [3.05, 3.63) is 23.9 Å². The third-order valence-corrected chi connectivity index (χ3v) is 4.61. The number of rotatable bonds is 3. The molecule has 2 fully saturated rings. The fourth-order valence-electron chi connectivity index (χ4n) is 3.67. The summed E-state index contributed by atoms with van der Waals surface area (Å²) >= 11 is 0. The first-order chi connectivity index (χ1) is 9.86. The Morgan fingerprint density at radius 2 is 2.00 bits per heavy atom. The molecule has 4 unspecified atom stereocenters. The molecule has 2 bridgehead atoms. The topological polar surface area (TPSA) is 62.2 Å². The molecule has 4 nitrogen and oxygen atoms in total. The van der Waals surface area contributed by atoms with Crippen LogP contribution >= 0.6 is 0 Å². The molecule has 1 aromatic rings. The van der Waals surface area contributed by atoms with Crippen LogP contribution in [0.3, 0.4) is 0 Å². The van der Waals surface area contributed by atoms with Gasteiger partial charge < -0.3 is 10.4 Å². The van der Waals surface area contributed by atoms with Gasteiger partial charge in [-0.2, -0.15) is 13.2 Å². The lowest BCUT2D eigenvalue weighted by molar-refractivity contribution is -0.143. The summed E-state index contributed by atoms with van der Waals surface area (Å²) in [5.74, 6) is -0.592. The largest absolute Gasteiger partial charge is 0.481 e. The number of fused-ring (bicyclic) bond motifs is 2. The number of hydrogen-bond acceptors (Lipinski definition) is 3. The summed E-state index contributed by atoms with van der Waals surface area (Å²) in [4.78, 5) is 15.1. The number of carbonyl (C=O) groups is 1. The predicted octanol–water partition coefficient (Wildman–Crippen LogP) is 3.01. The summed E-state index contributed by atoms with van der Waals surface area (Å²) in [6.45, 7) is 0. The Hall–Kier alpha value is -1.79. The van der Waals surface area contributed by atoms with Gasteiger partial charge in [0.1, 0.15) is 5.82 Å². The number of anilines is 1. The highest BCUT2D eigenvalue weighted by Gasteiger charge is 2.51. The summed E-state index contributed by atoms with van der Waals surface area (Å²) in [5.41, 5.74) is -0.809. The van der Waals surface area contributed by atoms with Gasteiger partial charge >= 0.3 is 12.1 Å². The predicted molar refractivity (Wildman–Crippen MR) is 68.6 cm³/mol. The second kappa shape index (κ2) is 4.89. The number of halogens is 3. The third-order valence-electron chi connectivity index (χ3n) is 4.61. The molecule has 3 rings (SSSR count). The molecule has 0 aromatic carbocycles. The van der Waals surface area contributed by atoms with E-state index in [2.05, 4.69) is 10.3 Å². The molecule has 0 amide bonds. The Kier molecular flexibility index (Phi) is 3.30. The number of nitrogens with one attached hydrogen (secondary N) is 1. The minimum absolute atomic E-state index is 0.166. The van der Waals surface area contributed by atoms with Crippen molar-refractivity contribution in [1.29, 1.82) is 0 Å². The van der Waals surface area contributed by atoms with Crippen LogP contribution in [0.1, 0.15) is 24.8 Å². The maximum atomic E-state index is 12.5. The molecule has 2 N–H and O–H groups in total. The minimum Gasteiger partial charge on any atom is -0.481 e. The molecule has 2 aliphatic carbocycles. The van der Waals surface area contributed by atoms with Crippen molar-refractivity contribution in [2.24, 2.45) is 17.8 Å². The van der Waals surface area contributed by atoms with Gasteiger partial charge in [0.2, 0.25) is 0 Å². The normalized spacial score (nSPS) is 31.4. The van der Waals surface area contributed by atoms with Crippen LogP contribution in [0, 0.1) is 17.8 Å². The number of carboxylic acid groups (broad SMARTS) is 1. The van der Waals surface area contributed by atoms with Gasteiger partial charge in [-0.05, 0) is 43.2 Å². The third kappa shape index (κ3) is 2.56. The van der Waals surface area contributed by atoms with Gasteiger partial charge in [0.05, 0.1) is 11.5 Å². The second-order valence-corrected chi connectivity index (χ2v) is 5.80. The van der Waals surface area contributed by atoms with E-state index in [1.165, 1.54) is 6.07 Å². The molecule has 4 atom stereocenters. The Bertz CT molecular complexity index is 544.